The maximum absolute atomic E-state index is 11.2. The van der Waals surface area contributed by atoms with Gasteiger partial charge in [0.25, 0.3) is 0 Å². The summed E-state index contributed by atoms with van der Waals surface area (Å²) in [7, 11) is 0. The second kappa shape index (κ2) is 3.04. The van der Waals surface area contributed by atoms with E-state index in [1.807, 2.05) is 20.3 Å². The lowest BCUT2D eigenvalue weighted by molar-refractivity contribution is -0.310. The maximum Gasteiger partial charge on any atom is -0.0440 e. The number of rotatable bonds is 1. The maximum atomic E-state index is 11.2. The average molecular weight is 150 g/mol. The first-order valence-corrected chi connectivity index (χ1v) is 3.96. The van der Waals surface area contributed by atoms with E-state index < -0.39 is 0 Å². The Labute approximate surface area is 68.4 Å². The molecule has 0 aliphatic heterocycles. The predicted octanol–water partition coefficient (Wildman–Crippen LogP) is 1.81. The molecular weight excluding hydrogens is 136 g/mol. The molecule has 0 heterocycles. The van der Waals surface area contributed by atoms with Crippen LogP contribution in [0.15, 0.2) is 23.5 Å². The molecule has 0 aromatic rings. The molecule has 1 aliphatic carbocycles. The Morgan fingerprint density at radius 1 is 1.73 bits per heavy atom. The average Bonchev–Trinajstić information content (AvgIpc) is 1.94. The van der Waals surface area contributed by atoms with Gasteiger partial charge in [-0.1, -0.05) is 25.5 Å². The minimum Gasteiger partial charge on any atom is -0.956 e. The molecule has 0 fully saturated rings. The molecule has 0 aromatic carbocycles. The summed E-state index contributed by atoms with van der Waals surface area (Å²) in [5.41, 5.74) is 2.05. The molecule has 11 heavy (non-hydrogen) atoms. The zero-order valence-corrected chi connectivity index (χ0v) is 7.18. The SMILES string of the molecule is C=C(C)C1C[CH-]C(C)=C([O-])C1. The summed E-state index contributed by atoms with van der Waals surface area (Å²) in [6, 6.07) is 0. The third kappa shape index (κ3) is 1.79. The summed E-state index contributed by atoms with van der Waals surface area (Å²) in [5.74, 6) is 0.676. The molecule has 1 aliphatic rings. The molecule has 0 aromatic heterocycles. The van der Waals surface area contributed by atoms with Gasteiger partial charge >= 0.3 is 0 Å². The van der Waals surface area contributed by atoms with Crippen molar-refractivity contribution in [2.75, 3.05) is 0 Å². The molecular formula is C10H14O-2. The fraction of sp³-hybridized carbons (Fsp3) is 0.500. The number of hydrogen-bond donors (Lipinski definition) is 0. The lowest BCUT2D eigenvalue weighted by atomic mass is 9.85. The summed E-state index contributed by atoms with van der Waals surface area (Å²) in [6.45, 7) is 7.74. The van der Waals surface area contributed by atoms with Crippen molar-refractivity contribution >= 4 is 0 Å². The Kier molecular flexibility index (Phi) is 2.28. The van der Waals surface area contributed by atoms with E-state index in [1.54, 1.807) is 0 Å². The summed E-state index contributed by atoms with van der Waals surface area (Å²) in [5, 5.41) is 11.2. The molecule has 0 radical (unpaired) electrons. The highest BCUT2D eigenvalue weighted by Crippen LogP contribution is 2.29. The van der Waals surface area contributed by atoms with E-state index in [0.717, 1.165) is 17.6 Å². The van der Waals surface area contributed by atoms with E-state index >= 15 is 0 Å². The van der Waals surface area contributed by atoms with Gasteiger partial charge in [0, 0.05) is 0 Å². The van der Waals surface area contributed by atoms with Crippen LogP contribution in [0.2, 0.25) is 0 Å². The van der Waals surface area contributed by atoms with Crippen LogP contribution in [-0.2, 0) is 0 Å². The topological polar surface area (TPSA) is 23.1 Å². The van der Waals surface area contributed by atoms with E-state index in [9.17, 15) is 5.11 Å². The highest BCUT2D eigenvalue weighted by Gasteiger charge is 2.06. The smallest absolute Gasteiger partial charge is 0.0440 e. The van der Waals surface area contributed by atoms with Gasteiger partial charge in [0.2, 0.25) is 0 Å². The van der Waals surface area contributed by atoms with Gasteiger partial charge in [0.05, 0.1) is 0 Å². The molecule has 1 rings (SSSR count). The molecule has 1 nitrogen and oxygen atoms in total. The zero-order valence-electron chi connectivity index (χ0n) is 7.18. The second-order valence-electron chi connectivity index (χ2n) is 3.29. The van der Waals surface area contributed by atoms with Crippen molar-refractivity contribution in [1.29, 1.82) is 0 Å². The van der Waals surface area contributed by atoms with Crippen molar-refractivity contribution in [3.63, 3.8) is 0 Å². The van der Waals surface area contributed by atoms with E-state index in [1.165, 1.54) is 0 Å². The van der Waals surface area contributed by atoms with Gasteiger partial charge < -0.3 is 10.9 Å². The first kappa shape index (κ1) is 8.25. The van der Waals surface area contributed by atoms with Crippen LogP contribution in [-0.4, -0.2) is 0 Å². The van der Waals surface area contributed by atoms with Crippen LogP contribution in [0.25, 0.3) is 0 Å². The second-order valence-corrected chi connectivity index (χ2v) is 3.29. The summed E-state index contributed by atoms with van der Waals surface area (Å²) >= 11 is 0. The minimum absolute atomic E-state index is 0.282. The molecule has 0 saturated heterocycles. The Morgan fingerprint density at radius 3 is 2.82 bits per heavy atom. The van der Waals surface area contributed by atoms with E-state index in [4.69, 9.17) is 0 Å². The highest BCUT2D eigenvalue weighted by molar-refractivity contribution is 5.21. The van der Waals surface area contributed by atoms with Crippen LogP contribution in [0.1, 0.15) is 26.7 Å². The van der Waals surface area contributed by atoms with Crippen LogP contribution in [0.3, 0.4) is 0 Å². The molecule has 1 atom stereocenters. The van der Waals surface area contributed by atoms with Crippen molar-refractivity contribution in [3.05, 3.63) is 29.9 Å². The first-order valence-electron chi connectivity index (χ1n) is 3.96. The van der Waals surface area contributed by atoms with Crippen molar-refractivity contribution in [2.45, 2.75) is 26.7 Å². The highest BCUT2D eigenvalue weighted by atomic mass is 16.3. The third-order valence-corrected chi connectivity index (χ3v) is 2.28. The van der Waals surface area contributed by atoms with Gasteiger partial charge in [0.1, 0.15) is 0 Å². The Balaban J connectivity index is 2.64. The van der Waals surface area contributed by atoms with Gasteiger partial charge in [-0.15, -0.1) is 6.42 Å². The van der Waals surface area contributed by atoms with Gasteiger partial charge in [-0.05, 0) is 12.8 Å². The molecule has 0 N–H and O–H groups in total. The van der Waals surface area contributed by atoms with E-state index in [2.05, 4.69) is 6.58 Å². The predicted molar refractivity (Wildman–Crippen MR) is 44.5 cm³/mol. The number of allylic oxidation sites excluding steroid dienone is 3. The monoisotopic (exact) mass is 150 g/mol. The first-order chi connectivity index (χ1) is 5.11. The van der Waals surface area contributed by atoms with Crippen molar-refractivity contribution < 1.29 is 5.11 Å². The van der Waals surface area contributed by atoms with Crippen molar-refractivity contribution in [1.82, 2.24) is 0 Å². The van der Waals surface area contributed by atoms with Gasteiger partial charge in [-0.2, -0.15) is 0 Å². The lowest BCUT2D eigenvalue weighted by Gasteiger charge is -2.39. The summed E-state index contributed by atoms with van der Waals surface area (Å²) < 4.78 is 0. The Morgan fingerprint density at radius 2 is 2.36 bits per heavy atom. The Hall–Kier alpha value is -0.850. The standard InChI is InChI=1S/C10H15O/c1-7(2)9-5-4-8(3)10(11)6-9/h4,9,11H,1,5-6H2,2-3H3/q-1/p-1. The van der Waals surface area contributed by atoms with Crippen LogP contribution in [0.5, 0.6) is 0 Å². The fourth-order valence-corrected chi connectivity index (χ4v) is 1.28. The largest absolute Gasteiger partial charge is 0.956 e. The Bertz CT molecular complexity index is 201. The molecule has 0 saturated carbocycles. The van der Waals surface area contributed by atoms with Gasteiger partial charge in [-0.3, -0.25) is 0 Å². The fourth-order valence-electron chi connectivity index (χ4n) is 1.28. The summed E-state index contributed by atoms with van der Waals surface area (Å²) in [6.07, 6.45) is 3.68. The van der Waals surface area contributed by atoms with E-state index in [-0.39, 0.29) is 5.76 Å². The normalized spacial score (nSPS) is 24.7. The van der Waals surface area contributed by atoms with Crippen LogP contribution < -0.4 is 5.11 Å². The quantitative estimate of drug-likeness (QED) is 0.413. The van der Waals surface area contributed by atoms with Crippen LogP contribution in [0.4, 0.5) is 0 Å². The molecule has 1 heteroatoms. The van der Waals surface area contributed by atoms with Crippen molar-refractivity contribution in [2.24, 2.45) is 5.92 Å². The molecule has 0 bridgehead atoms. The van der Waals surface area contributed by atoms with Crippen molar-refractivity contribution in [3.8, 4) is 0 Å². The van der Waals surface area contributed by atoms with Gasteiger partial charge in [-0.25, -0.2) is 12.0 Å². The summed E-state index contributed by atoms with van der Waals surface area (Å²) in [4.78, 5) is 0. The third-order valence-electron chi connectivity index (χ3n) is 2.28. The van der Waals surface area contributed by atoms with Crippen LogP contribution >= 0.6 is 0 Å². The van der Waals surface area contributed by atoms with Gasteiger partial charge in [0.15, 0.2) is 0 Å². The molecule has 62 valence electrons. The molecule has 0 spiro atoms. The van der Waals surface area contributed by atoms with Crippen LogP contribution in [0, 0.1) is 12.3 Å². The zero-order chi connectivity index (χ0) is 8.43. The molecule has 1 unspecified atom stereocenters. The number of hydrogen-bond acceptors (Lipinski definition) is 1. The van der Waals surface area contributed by atoms with E-state index in [0.29, 0.717) is 12.3 Å². The lowest BCUT2D eigenvalue weighted by Crippen LogP contribution is -2.18. The minimum atomic E-state index is 0.282. The molecule has 0 amide bonds.